The van der Waals surface area contributed by atoms with Crippen LogP contribution >= 0.6 is 11.6 Å². The van der Waals surface area contributed by atoms with Gasteiger partial charge in [0.2, 0.25) is 5.52 Å². The number of rotatable bonds is 0. The molecule has 122 valence electrons. The third-order valence-electron chi connectivity index (χ3n) is 2.90. The molecule has 0 aliphatic rings. The van der Waals surface area contributed by atoms with E-state index >= 15 is 0 Å². The predicted octanol–water partition coefficient (Wildman–Crippen LogP) is 3.28. The maximum Gasteiger partial charge on any atom is 0.485 e. The Labute approximate surface area is 134 Å². The van der Waals surface area contributed by atoms with Gasteiger partial charge < -0.3 is 4.55 Å². The van der Waals surface area contributed by atoms with Gasteiger partial charge in [-0.15, -0.1) is 0 Å². The molecule has 0 saturated heterocycles. The molecule has 2 heterocycles. The highest BCUT2D eigenvalue weighted by atomic mass is 35.5. The van der Waals surface area contributed by atoms with Gasteiger partial charge in [0.05, 0.1) is 5.39 Å². The lowest BCUT2D eigenvalue weighted by atomic mass is 10.1. The average molecular weight is 364 g/mol. The van der Waals surface area contributed by atoms with Gasteiger partial charge >= 0.3 is 5.51 Å². The van der Waals surface area contributed by atoms with Crippen LogP contribution in [0.4, 0.5) is 13.2 Å². The van der Waals surface area contributed by atoms with Gasteiger partial charge in [0.25, 0.3) is 0 Å². The number of aromatic nitrogens is 1. The largest absolute Gasteiger partial charge is 0.741 e. The number of pyridine rings is 2. The summed E-state index contributed by atoms with van der Waals surface area (Å²) in [5, 5.41) is 3.09. The fraction of sp³-hybridized carbons (Fsp3) is 0.0714. The van der Waals surface area contributed by atoms with Crippen LogP contribution in [0.2, 0.25) is 5.02 Å². The summed E-state index contributed by atoms with van der Waals surface area (Å²) < 4.78 is 61.0. The first-order valence-corrected chi connectivity index (χ1v) is 7.89. The minimum absolute atomic E-state index is 0.804. The molecule has 23 heavy (non-hydrogen) atoms. The van der Waals surface area contributed by atoms with Crippen molar-refractivity contribution in [2.24, 2.45) is 0 Å². The fourth-order valence-electron chi connectivity index (χ4n) is 1.90. The molecule has 4 nitrogen and oxygen atoms in total. The summed E-state index contributed by atoms with van der Waals surface area (Å²) in [6.45, 7) is 0. The first kappa shape index (κ1) is 17.5. The van der Waals surface area contributed by atoms with Crippen molar-refractivity contribution in [1.82, 2.24) is 0 Å². The molecule has 0 fully saturated rings. The van der Waals surface area contributed by atoms with Gasteiger partial charge in [-0.25, -0.2) is 8.42 Å². The van der Waals surface area contributed by atoms with Gasteiger partial charge in [0.1, 0.15) is 0 Å². The van der Waals surface area contributed by atoms with E-state index in [0.717, 1.165) is 10.4 Å². The van der Waals surface area contributed by atoms with Crippen molar-refractivity contribution in [3.63, 3.8) is 0 Å². The van der Waals surface area contributed by atoms with Gasteiger partial charge in [-0.1, -0.05) is 17.7 Å². The van der Waals surface area contributed by atoms with Crippen LogP contribution in [0.25, 0.3) is 16.3 Å². The van der Waals surface area contributed by atoms with Crippen molar-refractivity contribution in [1.29, 1.82) is 0 Å². The molecule has 9 heteroatoms. The number of benzene rings is 1. The zero-order valence-electron chi connectivity index (χ0n) is 11.3. The van der Waals surface area contributed by atoms with Crippen molar-refractivity contribution in [2.75, 3.05) is 0 Å². The molecule has 2 aromatic heterocycles. The SMILES string of the molecule is Clc1cccc2c1cc[n+]1ccccc21.O=S(=O)([O-])C(F)(F)F. The van der Waals surface area contributed by atoms with E-state index in [1.54, 1.807) is 0 Å². The maximum absolute atomic E-state index is 10.7. The summed E-state index contributed by atoms with van der Waals surface area (Å²) in [4.78, 5) is 0. The predicted molar refractivity (Wildman–Crippen MR) is 77.9 cm³/mol. The summed E-state index contributed by atoms with van der Waals surface area (Å²) in [5.41, 5.74) is -4.47. The molecule has 0 N–H and O–H groups in total. The Kier molecular flexibility index (Phi) is 4.79. The second kappa shape index (κ2) is 6.31. The Hall–Kier alpha value is -1.90. The van der Waals surface area contributed by atoms with Gasteiger partial charge in [-0.05, 0) is 18.2 Å². The second-order valence-electron chi connectivity index (χ2n) is 4.41. The summed E-state index contributed by atoms with van der Waals surface area (Å²) in [6.07, 6.45) is 4.07. The Balaban J connectivity index is 0.000000207. The molecule has 0 bridgehead atoms. The molecule has 3 aromatic rings. The lowest BCUT2D eigenvalue weighted by Gasteiger charge is -2.08. The van der Waals surface area contributed by atoms with E-state index in [9.17, 15) is 13.2 Å². The molecule has 0 unspecified atom stereocenters. The van der Waals surface area contributed by atoms with Crippen LogP contribution in [0.15, 0.2) is 54.9 Å². The van der Waals surface area contributed by atoms with Crippen LogP contribution in [-0.2, 0) is 10.1 Å². The highest BCUT2D eigenvalue weighted by Gasteiger charge is 2.36. The third kappa shape index (κ3) is 3.90. The molecule has 0 amide bonds. The number of hydrogen-bond acceptors (Lipinski definition) is 3. The molecule has 0 saturated carbocycles. The topological polar surface area (TPSA) is 61.3 Å². The molecule has 0 spiro atoms. The molecular weight excluding hydrogens is 355 g/mol. The standard InChI is InChI=1S/C13H9ClN.CHF3O3S/c14-12-5-3-4-11-10(12)7-9-15-8-2-1-6-13(11)15;2-1(3,4)8(5,6)7/h1-9H;(H,5,6,7)/q+1;/p-1. The number of fused-ring (bicyclic) bond motifs is 3. The molecule has 0 atom stereocenters. The third-order valence-corrected chi connectivity index (χ3v) is 3.80. The quantitative estimate of drug-likeness (QED) is 0.266. The highest BCUT2D eigenvalue weighted by Crippen LogP contribution is 2.24. The highest BCUT2D eigenvalue weighted by molar-refractivity contribution is 7.86. The van der Waals surface area contributed by atoms with Gasteiger partial charge in [-0.2, -0.15) is 17.6 Å². The Morgan fingerprint density at radius 3 is 2.22 bits per heavy atom. The van der Waals surface area contributed by atoms with E-state index in [0.29, 0.717) is 0 Å². The molecular formula is C14H9ClF3NO3S. The monoisotopic (exact) mass is 363 g/mol. The van der Waals surface area contributed by atoms with E-state index in [2.05, 4.69) is 16.5 Å². The second-order valence-corrected chi connectivity index (χ2v) is 6.19. The zero-order valence-corrected chi connectivity index (χ0v) is 12.9. The summed E-state index contributed by atoms with van der Waals surface area (Å²) in [6, 6.07) is 14.2. The van der Waals surface area contributed by atoms with E-state index in [1.165, 1.54) is 10.9 Å². The molecule has 3 rings (SSSR count). The van der Waals surface area contributed by atoms with Crippen LogP contribution in [-0.4, -0.2) is 18.5 Å². The van der Waals surface area contributed by atoms with Crippen molar-refractivity contribution < 1.29 is 30.5 Å². The first-order valence-electron chi connectivity index (χ1n) is 6.10. The molecule has 1 aromatic carbocycles. The van der Waals surface area contributed by atoms with Crippen LogP contribution in [0.3, 0.4) is 0 Å². The van der Waals surface area contributed by atoms with Crippen molar-refractivity contribution in [2.45, 2.75) is 5.51 Å². The fourth-order valence-corrected chi connectivity index (χ4v) is 2.14. The summed E-state index contributed by atoms with van der Waals surface area (Å²) in [7, 11) is -6.09. The van der Waals surface area contributed by atoms with Crippen LogP contribution < -0.4 is 4.40 Å². The lowest BCUT2D eigenvalue weighted by Crippen LogP contribution is -2.21. The molecule has 0 aliphatic carbocycles. The average Bonchev–Trinajstić information content (AvgIpc) is 2.46. The Morgan fingerprint density at radius 2 is 1.61 bits per heavy atom. The van der Waals surface area contributed by atoms with Gasteiger partial charge in [0.15, 0.2) is 22.5 Å². The van der Waals surface area contributed by atoms with E-state index in [4.69, 9.17) is 24.6 Å². The van der Waals surface area contributed by atoms with Crippen LogP contribution in [0, 0.1) is 0 Å². The first-order chi connectivity index (χ1) is 10.6. The van der Waals surface area contributed by atoms with Crippen molar-refractivity contribution in [3.05, 3.63) is 59.9 Å². The summed E-state index contributed by atoms with van der Waals surface area (Å²) >= 11 is 6.15. The van der Waals surface area contributed by atoms with Crippen LogP contribution in [0.1, 0.15) is 0 Å². The van der Waals surface area contributed by atoms with E-state index in [1.807, 2.05) is 42.7 Å². The van der Waals surface area contributed by atoms with Gasteiger partial charge in [0, 0.05) is 28.6 Å². The normalized spacial score (nSPS) is 12.0. The Morgan fingerprint density at radius 1 is 0.957 bits per heavy atom. The number of nitrogens with zero attached hydrogens (tertiary/aromatic N) is 1. The smallest absolute Gasteiger partial charge is 0.485 e. The minimum atomic E-state index is -6.09. The minimum Gasteiger partial charge on any atom is -0.741 e. The number of hydrogen-bond donors (Lipinski definition) is 0. The maximum atomic E-state index is 10.7. The van der Waals surface area contributed by atoms with E-state index in [-0.39, 0.29) is 0 Å². The van der Waals surface area contributed by atoms with Crippen molar-refractivity contribution in [3.8, 4) is 0 Å². The molecule has 0 radical (unpaired) electrons. The zero-order chi connectivity index (χ0) is 17.3. The summed E-state index contributed by atoms with van der Waals surface area (Å²) in [5.74, 6) is 0. The van der Waals surface area contributed by atoms with Crippen LogP contribution in [0.5, 0.6) is 0 Å². The number of alkyl halides is 3. The molecule has 0 aliphatic heterocycles. The van der Waals surface area contributed by atoms with E-state index < -0.39 is 15.6 Å². The Bertz CT molecular complexity index is 958. The van der Waals surface area contributed by atoms with Crippen molar-refractivity contribution >= 4 is 38.0 Å². The van der Waals surface area contributed by atoms with Gasteiger partial charge in [-0.3, -0.25) is 0 Å². The lowest BCUT2D eigenvalue weighted by molar-refractivity contribution is -0.510. The number of halogens is 4.